The number of carbonyl (C=O) groups excluding carboxylic acids is 2. The molecule has 2 rings (SSSR count). The van der Waals surface area contributed by atoms with Crippen molar-refractivity contribution in [3.05, 3.63) is 22.6 Å². The normalized spacial score (nSPS) is 18.9. The fourth-order valence-electron chi connectivity index (χ4n) is 2.09. The number of nitrogens with one attached hydrogen (secondary N) is 2. The van der Waals surface area contributed by atoms with Gasteiger partial charge in [0.15, 0.2) is 0 Å². The number of fused-ring (bicyclic) bond motifs is 1. The number of rotatable bonds is 2. The number of nitrogens with zero attached hydrogens (tertiary/aromatic N) is 1. The molecule has 0 aromatic carbocycles. The van der Waals surface area contributed by atoms with Crippen LogP contribution in [0.3, 0.4) is 0 Å². The Balaban J connectivity index is 2.00. The van der Waals surface area contributed by atoms with E-state index in [-0.39, 0.29) is 0 Å². The molecule has 0 saturated carbocycles. The number of thioether (sulfide) groups is 1. The van der Waals surface area contributed by atoms with Crippen LogP contribution in [0, 0.1) is 0 Å². The zero-order valence-corrected chi connectivity index (χ0v) is 11.9. The Morgan fingerprint density at radius 3 is 2.95 bits per heavy atom. The molecule has 104 valence electrons. The average Bonchev–Trinajstić information content (AvgIpc) is 2.66. The lowest BCUT2D eigenvalue weighted by atomic mass is 10.1. The van der Waals surface area contributed by atoms with Crippen LogP contribution in [-0.2, 0) is 9.59 Å². The minimum absolute atomic E-state index is 0.464. The molecule has 1 saturated heterocycles. The predicted octanol–water partition coefficient (Wildman–Crippen LogP) is 0.807. The van der Waals surface area contributed by atoms with Crippen LogP contribution in [-0.4, -0.2) is 42.1 Å². The molecule has 0 spiro atoms. The highest BCUT2D eigenvalue weighted by atomic mass is 32.2. The smallest absolute Gasteiger partial charge is 0.323 e. The Morgan fingerprint density at radius 1 is 1.37 bits per heavy atom. The van der Waals surface area contributed by atoms with Crippen LogP contribution >= 0.6 is 11.8 Å². The van der Waals surface area contributed by atoms with Crippen LogP contribution in [0.5, 0.6) is 0 Å². The third kappa shape index (κ3) is 3.61. The van der Waals surface area contributed by atoms with Gasteiger partial charge in [0.05, 0.1) is 0 Å². The average molecular weight is 281 g/mol. The zero-order valence-electron chi connectivity index (χ0n) is 11.1. The topological polar surface area (TPSA) is 61.4 Å². The van der Waals surface area contributed by atoms with Crippen molar-refractivity contribution >= 4 is 23.6 Å². The first-order valence-electron chi connectivity index (χ1n) is 6.57. The van der Waals surface area contributed by atoms with E-state index in [9.17, 15) is 9.59 Å². The number of carbonyl (C=O) groups is 2. The van der Waals surface area contributed by atoms with E-state index >= 15 is 0 Å². The van der Waals surface area contributed by atoms with Crippen LogP contribution < -0.4 is 10.9 Å². The molecule has 6 heteroatoms. The van der Waals surface area contributed by atoms with E-state index in [0.717, 1.165) is 18.6 Å². The third-order valence-electron chi connectivity index (χ3n) is 3.04. The van der Waals surface area contributed by atoms with Crippen molar-refractivity contribution in [2.24, 2.45) is 0 Å². The van der Waals surface area contributed by atoms with E-state index in [1.807, 2.05) is 6.92 Å². The first kappa shape index (κ1) is 14.1. The molecule has 19 heavy (non-hydrogen) atoms. The van der Waals surface area contributed by atoms with E-state index in [0.29, 0.717) is 19.6 Å². The summed E-state index contributed by atoms with van der Waals surface area (Å²) < 4.78 is 0. The molecule has 0 radical (unpaired) electrons. The fraction of sp³-hybridized carbons (Fsp3) is 0.538. The minimum Gasteiger partial charge on any atom is -0.329 e. The van der Waals surface area contributed by atoms with Gasteiger partial charge >= 0.3 is 11.8 Å². The molecule has 2 aliphatic rings. The summed E-state index contributed by atoms with van der Waals surface area (Å²) in [5.74, 6) is -0.214. The number of hydrazine groups is 1. The molecule has 0 aromatic rings. The van der Waals surface area contributed by atoms with Crippen LogP contribution in [0.4, 0.5) is 0 Å². The Kier molecular flexibility index (Phi) is 5.04. The maximum Gasteiger partial charge on any atom is 0.323 e. The van der Waals surface area contributed by atoms with Gasteiger partial charge in [-0.2, -0.15) is 0 Å². The summed E-state index contributed by atoms with van der Waals surface area (Å²) in [6.07, 6.45) is 6.49. The number of allylic oxidation sites excluding steroid dienone is 2. The molecule has 2 N–H and O–H groups in total. The van der Waals surface area contributed by atoms with Gasteiger partial charge in [-0.15, -0.1) is 11.8 Å². The first-order chi connectivity index (χ1) is 9.22. The van der Waals surface area contributed by atoms with Crippen LogP contribution in [0.15, 0.2) is 22.6 Å². The Bertz CT molecular complexity index is 432. The molecule has 0 aromatic heterocycles. The second kappa shape index (κ2) is 6.77. The first-order valence-corrected chi connectivity index (χ1v) is 7.55. The molecule has 5 nitrogen and oxygen atoms in total. The Hall–Kier alpha value is -1.27. The molecule has 1 aliphatic carbocycles. The second-order valence-electron chi connectivity index (χ2n) is 4.43. The summed E-state index contributed by atoms with van der Waals surface area (Å²) in [5.41, 5.74) is 6.24. The SMILES string of the molecule is CCNNC(=O)C(=O)N1CCSC2=CCCC=C2C1. The highest BCUT2D eigenvalue weighted by Crippen LogP contribution is 2.31. The molecule has 0 unspecified atom stereocenters. The van der Waals surface area contributed by atoms with Crippen molar-refractivity contribution in [1.29, 1.82) is 0 Å². The second-order valence-corrected chi connectivity index (χ2v) is 5.57. The number of hydrogen-bond acceptors (Lipinski definition) is 4. The lowest BCUT2D eigenvalue weighted by Crippen LogP contribution is -2.48. The minimum atomic E-state index is -0.587. The van der Waals surface area contributed by atoms with E-state index in [1.54, 1.807) is 16.7 Å². The largest absolute Gasteiger partial charge is 0.329 e. The quantitative estimate of drug-likeness (QED) is 0.581. The van der Waals surface area contributed by atoms with Gasteiger partial charge in [0.25, 0.3) is 0 Å². The highest BCUT2D eigenvalue weighted by molar-refractivity contribution is 8.03. The van der Waals surface area contributed by atoms with Gasteiger partial charge < -0.3 is 4.90 Å². The van der Waals surface area contributed by atoms with Crippen molar-refractivity contribution in [3.63, 3.8) is 0 Å². The number of hydrogen-bond donors (Lipinski definition) is 2. The lowest BCUT2D eigenvalue weighted by Gasteiger charge is -2.21. The van der Waals surface area contributed by atoms with Crippen LogP contribution in [0.25, 0.3) is 0 Å². The van der Waals surface area contributed by atoms with E-state index in [1.165, 1.54) is 10.5 Å². The summed E-state index contributed by atoms with van der Waals surface area (Å²) in [5, 5.41) is 0. The maximum atomic E-state index is 12.0. The molecule has 1 aliphatic heterocycles. The van der Waals surface area contributed by atoms with Gasteiger partial charge in [-0.25, -0.2) is 5.43 Å². The van der Waals surface area contributed by atoms with Gasteiger partial charge in [0.1, 0.15) is 0 Å². The molecule has 1 heterocycles. The van der Waals surface area contributed by atoms with E-state index < -0.39 is 11.8 Å². The van der Waals surface area contributed by atoms with Crippen LogP contribution in [0.1, 0.15) is 19.8 Å². The van der Waals surface area contributed by atoms with Crippen molar-refractivity contribution in [3.8, 4) is 0 Å². The van der Waals surface area contributed by atoms with Gasteiger partial charge in [0, 0.05) is 30.3 Å². The summed E-state index contributed by atoms with van der Waals surface area (Å²) in [6, 6.07) is 0. The molecule has 2 amide bonds. The van der Waals surface area contributed by atoms with Crippen molar-refractivity contribution < 1.29 is 9.59 Å². The van der Waals surface area contributed by atoms with Gasteiger partial charge in [0.2, 0.25) is 0 Å². The molecule has 0 atom stereocenters. The zero-order chi connectivity index (χ0) is 13.7. The van der Waals surface area contributed by atoms with E-state index in [2.05, 4.69) is 23.0 Å². The lowest BCUT2D eigenvalue weighted by molar-refractivity contribution is -0.145. The predicted molar refractivity (Wildman–Crippen MR) is 76.3 cm³/mol. The molecular formula is C13H19N3O2S. The Morgan fingerprint density at radius 2 is 2.16 bits per heavy atom. The summed E-state index contributed by atoms with van der Waals surface area (Å²) in [7, 11) is 0. The van der Waals surface area contributed by atoms with Gasteiger partial charge in [-0.05, 0) is 18.4 Å². The maximum absolute atomic E-state index is 12.0. The summed E-state index contributed by atoms with van der Waals surface area (Å²) in [4.78, 5) is 26.6. The third-order valence-corrected chi connectivity index (χ3v) is 4.17. The van der Waals surface area contributed by atoms with Gasteiger partial charge in [-0.1, -0.05) is 19.1 Å². The fourth-order valence-corrected chi connectivity index (χ4v) is 3.19. The highest BCUT2D eigenvalue weighted by Gasteiger charge is 2.26. The van der Waals surface area contributed by atoms with Crippen LogP contribution in [0.2, 0.25) is 0 Å². The van der Waals surface area contributed by atoms with Crippen molar-refractivity contribution in [1.82, 2.24) is 15.8 Å². The number of amides is 2. The summed E-state index contributed by atoms with van der Waals surface area (Å²) in [6.45, 7) is 3.60. The standard InChI is InChI=1S/C13H19N3O2S/c1-2-14-15-12(17)13(18)16-7-8-19-11-6-4-3-5-10(11)9-16/h5-6,14H,2-4,7-9H2,1H3,(H,15,17). The molecular weight excluding hydrogens is 262 g/mol. The van der Waals surface area contributed by atoms with E-state index in [4.69, 9.17) is 0 Å². The monoisotopic (exact) mass is 281 g/mol. The molecule has 1 fully saturated rings. The van der Waals surface area contributed by atoms with Gasteiger partial charge in [-0.3, -0.25) is 15.0 Å². The summed E-state index contributed by atoms with van der Waals surface area (Å²) >= 11 is 1.77. The molecule has 0 bridgehead atoms. The Labute approximate surface area is 117 Å². The van der Waals surface area contributed by atoms with Crippen molar-refractivity contribution in [2.45, 2.75) is 19.8 Å². The van der Waals surface area contributed by atoms with Crippen molar-refractivity contribution in [2.75, 3.05) is 25.4 Å².